The summed E-state index contributed by atoms with van der Waals surface area (Å²) in [5.74, 6) is 0.106. The highest BCUT2D eigenvalue weighted by Gasteiger charge is 2.27. The molecule has 0 aliphatic rings. The highest BCUT2D eigenvalue weighted by atomic mass is 79.9. The zero-order valence-corrected chi connectivity index (χ0v) is 23.7. The van der Waals surface area contributed by atoms with E-state index in [1.165, 1.54) is 6.21 Å². The molecule has 39 heavy (non-hydrogen) atoms. The number of carbonyl (C=O) groups is 1. The van der Waals surface area contributed by atoms with Gasteiger partial charge in [-0.05, 0) is 60.0 Å². The molecule has 4 aromatic rings. The van der Waals surface area contributed by atoms with Gasteiger partial charge in [-0.3, -0.25) is 4.79 Å². The zero-order chi connectivity index (χ0) is 27.7. The molecular formula is C30H28BrN3O4S. The lowest BCUT2D eigenvalue weighted by molar-refractivity contribution is -0.121. The largest absolute Gasteiger partial charge is 0.489 e. The molecule has 0 bridgehead atoms. The maximum Gasteiger partial charge on any atom is 0.255 e. The van der Waals surface area contributed by atoms with E-state index >= 15 is 0 Å². The number of rotatable bonds is 11. The van der Waals surface area contributed by atoms with Gasteiger partial charge >= 0.3 is 0 Å². The van der Waals surface area contributed by atoms with Crippen molar-refractivity contribution in [1.29, 1.82) is 0 Å². The van der Waals surface area contributed by atoms with E-state index in [4.69, 9.17) is 4.74 Å². The molecule has 0 saturated heterocycles. The molecule has 0 aliphatic carbocycles. The quantitative estimate of drug-likeness (QED) is 0.176. The summed E-state index contributed by atoms with van der Waals surface area (Å²) < 4.78 is 34.7. The van der Waals surface area contributed by atoms with E-state index in [1.54, 1.807) is 30.3 Å². The first-order chi connectivity index (χ1) is 18.8. The third-order valence-electron chi connectivity index (χ3n) is 5.76. The summed E-state index contributed by atoms with van der Waals surface area (Å²) >= 11 is 3.39. The monoisotopic (exact) mass is 605 g/mol. The molecule has 0 aliphatic heterocycles. The second kappa shape index (κ2) is 13.3. The van der Waals surface area contributed by atoms with Crippen LogP contribution in [0.1, 0.15) is 22.3 Å². The van der Waals surface area contributed by atoms with Crippen LogP contribution in [0.2, 0.25) is 0 Å². The standard InChI is InChI=1S/C30H28BrN3O4S/c1-23-10-16-29(17-11-23)39(36,37)34(20-24-12-14-27(31)15-13-24)21-30(35)33-32-19-26-8-5-9-28(18-26)38-22-25-6-3-2-4-7-25/h2-19H,20-22H2,1H3,(H,33,35)/b32-19-. The summed E-state index contributed by atoms with van der Waals surface area (Å²) in [7, 11) is -3.94. The number of nitrogens with zero attached hydrogens (tertiary/aromatic N) is 2. The van der Waals surface area contributed by atoms with Gasteiger partial charge in [0.05, 0.1) is 17.7 Å². The Morgan fingerprint density at radius 2 is 1.64 bits per heavy atom. The van der Waals surface area contributed by atoms with Gasteiger partial charge in [0.1, 0.15) is 12.4 Å². The van der Waals surface area contributed by atoms with Crippen molar-refractivity contribution < 1.29 is 17.9 Å². The minimum atomic E-state index is -3.94. The van der Waals surface area contributed by atoms with Crippen LogP contribution >= 0.6 is 15.9 Å². The van der Waals surface area contributed by atoms with E-state index in [9.17, 15) is 13.2 Å². The van der Waals surface area contributed by atoms with E-state index in [-0.39, 0.29) is 11.4 Å². The van der Waals surface area contributed by atoms with Crippen LogP contribution in [-0.4, -0.2) is 31.4 Å². The Morgan fingerprint density at radius 3 is 2.36 bits per heavy atom. The molecule has 9 heteroatoms. The first-order valence-electron chi connectivity index (χ1n) is 12.2. The van der Waals surface area contributed by atoms with Gasteiger partial charge in [-0.2, -0.15) is 9.41 Å². The Kier molecular flexibility index (Phi) is 9.64. The number of ether oxygens (including phenoxy) is 1. The van der Waals surface area contributed by atoms with E-state index in [2.05, 4.69) is 26.5 Å². The second-order valence-corrected chi connectivity index (χ2v) is 11.7. The van der Waals surface area contributed by atoms with Crippen LogP contribution in [0.4, 0.5) is 0 Å². The number of hydrogen-bond donors (Lipinski definition) is 1. The van der Waals surface area contributed by atoms with Crippen molar-refractivity contribution in [3.05, 3.63) is 130 Å². The Labute approximate surface area is 237 Å². The van der Waals surface area contributed by atoms with Gasteiger partial charge in [-0.15, -0.1) is 0 Å². The predicted molar refractivity (Wildman–Crippen MR) is 156 cm³/mol. The van der Waals surface area contributed by atoms with Crippen molar-refractivity contribution in [3.63, 3.8) is 0 Å². The number of hydrogen-bond acceptors (Lipinski definition) is 5. The van der Waals surface area contributed by atoms with Crippen molar-refractivity contribution in [2.75, 3.05) is 6.54 Å². The normalized spacial score (nSPS) is 11.6. The van der Waals surface area contributed by atoms with E-state index in [0.29, 0.717) is 12.4 Å². The van der Waals surface area contributed by atoms with E-state index in [1.807, 2.05) is 79.7 Å². The smallest absolute Gasteiger partial charge is 0.255 e. The predicted octanol–water partition coefficient (Wildman–Crippen LogP) is 5.68. The van der Waals surface area contributed by atoms with Crippen LogP contribution in [0.5, 0.6) is 5.75 Å². The summed E-state index contributed by atoms with van der Waals surface area (Å²) in [6, 6.07) is 31.0. The van der Waals surface area contributed by atoms with Crippen molar-refractivity contribution in [2.24, 2.45) is 5.10 Å². The summed E-state index contributed by atoms with van der Waals surface area (Å²) in [4.78, 5) is 12.9. The molecule has 0 fully saturated rings. The SMILES string of the molecule is Cc1ccc(S(=O)(=O)N(CC(=O)N/N=C\c2cccc(OCc3ccccc3)c2)Cc2ccc(Br)cc2)cc1. The molecule has 200 valence electrons. The summed E-state index contributed by atoms with van der Waals surface area (Å²) in [5.41, 5.74) is 5.91. The molecule has 1 amide bonds. The van der Waals surface area contributed by atoms with Crippen LogP contribution in [-0.2, 0) is 28.0 Å². The maximum absolute atomic E-state index is 13.4. The lowest BCUT2D eigenvalue weighted by Crippen LogP contribution is -2.39. The number of sulfonamides is 1. The summed E-state index contributed by atoms with van der Waals surface area (Å²) in [6.45, 7) is 1.94. The maximum atomic E-state index is 13.4. The molecule has 0 atom stereocenters. The molecule has 0 spiro atoms. The third-order valence-corrected chi connectivity index (χ3v) is 8.09. The Bertz CT molecular complexity index is 1520. The highest BCUT2D eigenvalue weighted by Crippen LogP contribution is 2.20. The molecule has 7 nitrogen and oxygen atoms in total. The van der Waals surface area contributed by atoms with Gasteiger partial charge in [-0.25, -0.2) is 13.8 Å². The number of halogens is 1. The summed E-state index contributed by atoms with van der Waals surface area (Å²) in [5, 5.41) is 4.03. The van der Waals surface area contributed by atoms with Crippen molar-refractivity contribution >= 4 is 38.1 Å². The Balaban J connectivity index is 1.42. The first kappa shape index (κ1) is 28.2. The topological polar surface area (TPSA) is 88.1 Å². The van der Waals surface area contributed by atoms with E-state index < -0.39 is 22.5 Å². The third kappa shape index (κ3) is 8.35. The molecular weight excluding hydrogens is 578 g/mol. The molecule has 4 rings (SSSR count). The van der Waals surface area contributed by atoms with Crippen LogP contribution in [0.3, 0.4) is 0 Å². The van der Waals surface area contributed by atoms with Gasteiger partial charge in [-0.1, -0.05) is 88.2 Å². The number of carbonyl (C=O) groups excluding carboxylic acids is 1. The van der Waals surface area contributed by atoms with E-state index in [0.717, 1.165) is 31.0 Å². The fourth-order valence-corrected chi connectivity index (χ4v) is 5.33. The van der Waals surface area contributed by atoms with Crippen molar-refractivity contribution in [3.8, 4) is 5.75 Å². The Morgan fingerprint density at radius 1 is 0.923 bits per heavy atom. The average Bonchev–Trinajstić information content (AvgIpc) is 2.94. The van der Waals surface area contributed by atoms with Gasteiger partial charge in [0.15, 0.2) is 0 Å². The van der Waals surface area contributed by atoms with Gasteiger partial charge in [0.25, 0.3) is 5.91 Å². The Hall–Kier alpha value is -3.79. The zero-order valence-electron chi connectivity index (χ0n) is 21.3. The van der Waals surface area contributed by atoms with Crippen LogP contribution in [0.15, 0.2) is 118 Å². The molecule has 4 aromatic carbocycles. The molecule has 1 N–H and O–H groups in total. The minimum absolute atomic E-state index is 0.0292. The number of nitrogens with one attached hydrogen (secondary N) is 1. The molecule has 0 saturated carbocycles. The molecule has 0 radical (unpaired) electrons. The molecule has 0 unspecified atom stereocenters. The minimum Gasteiger partial charge on any atom is -0.489 e. The fraction of sp³-hybridized carbons (Fsp3) is 0.133. The number of aryl methyl sites for hydroxylation is 1. The average molecular weight is 607 g/mol. The van der Waals surface area contributed by atoms with Crippen LogP contribution in [0.25, 0.3) is 0 Å². The fourth-order valence-electron chi connectivity index (χ4n) is 3.68. The second-order valence-electron chi connectivity index (χ2n) is 8.85. The van der Waals surface area contributed by atoms with Gasteiger partial charge < -0.3 is 4.74 Å². The molecule has 0 aromatic heterocycles. The van der Waals surface area contributed by atoms with Crippen molar-refractivity contribution in [1.82, 2.24) is 9.73 Å². The number of benzene rings is 4. The van der Waals surface area contributed by atoms with Crippen LogP contribution in [0, 0.1) is 6.92 Å². The van der Waals surface area contributed by atoms with Crippen molar-refractivity contribution in [2.45, 2.75) is 25.0 Å². The molecule has 0 heterocycles. The number of amides is 1. The lowest BCUT2D eigenvalue weighted by atomic mass is 10.2. The van der Waals surface area contributed by atoms with Gasteiger partial charge in [0.2, 0.25) is 10.0 Å². The van der Waals surface area contributed by atoms with Crippen LogP contribution < -0.4 is 10.2 Å². The summed E-state index contributed by atoms with van der Waals surface area (Å²) in [6.07, 6.45) is 1.49. The number of hydrazone groups is 1. The lowest BCUT2D eigenvalue weighted by Gasteiger charge is -2.21. The first-order valence-corrected chi connectivity index (χ1v) is 14.4. The van der Waals surface area contributed by atoms with Gasteiger partial charge in [0, 0.05) is 11.0 Å². The highest BCUT2D eigenvalue weighted by molar-refractivity contribution is 9.10.